The van der Waals surface area contributed by atoms with E-state index >= 15 is 0 Å². The molecule has 0 bridgehead atoms. The van der Waals surface area contributed by atoms with Crippen LogP contribution in [0.4, 0.5) is 0 Å². The average molecular weight is 400 g/mol. The Morgan fingerprint density at radius 2 is 1.96 bits per heavy atom. The lowest BCUT2D eigenvalue weighted by molar-refractivity contribution is 0.528. The molecule has 3 heterocycles. The molecule has 3 aromatic heterocycles. The van der Waals surface area contributed by atoms with Crippen LogP contribution in [0.15, 0.2) is 69.3 Å². The van der Waals surface area contributed by atoms with Crippen LogP contribution in [0.25, 0.3) is 23.0 Å². The molecule has 0 amide bonds. The molecule has 0 aliphatic rings. The van der Waals surface area contributed by atoms with Gasteiger partial charge in [0.2, 0.25) is 17.6 Å². The lowest BCUT2D eigenvalue weighted by atomic mass is 10.2. The second kappa shape index (κ2) is 7.81. The van der Waals surface area contributed by atoms with Crippen molar-refractivity contribution < 1.29 is 8.83 Å². The van der Waals surface area contributed by atoms with E-state index in [2.05, 4.69) is 27.0 Å². The molecule has 0 aliphatic heterocycles. The molecular formula is C18H14ClN5O2S. The predicted molar refractivity (Wildman–Crippen MR) is 102 cm³/mol. The van der Waals surface area contributed by atoms with Gasteiger partial charge in [-0.15, -0.1) is 27.0 Å². The number of rotatable bonds is 7. The van der Waals surface area contributed by atoms with E-state index in [-0.39, 0.29) is 0 Å². The van der Waals surface area contributed by atoms with E-state index in [1.54, 1.807) is 24.5 Å². The first-order valence-electron chi connectivity index (χ1n) is 8.03. The summed E-state index contributed by atoms with van der Waals surface area (Å²) in [4.78, 5) is 0. The summed E-state index contributed by atoms with van der Waals surface area (Å²) >= 11 is 7.35. The minimum Gasteiger partial charge on any atom is -0.461 e. The Balaban J connectivity index is 1.51. The number of thioether (sulfide) groups is 1. The van der Waals surface area contributed by atoms with Gasteiger partial charge in [0, 0.05) is 17.1 Å². The number of hydrogen-bond acceptors (Lipinski definition) is 7. The molecule has 0 unspecified atom stereocenters. The Hall–Kier alpha value is -2.84. The predicted octanol–water partition coefficient (Wildman–Crippen LogP) is 4.72. The minimum absolute atomic E-state index is 0.450. The van der Waals surface area contributed by atoms with Crippen LogP contribution < -0.4 is 0 Å². The largest absolute Gasteiger partial charge is 0.461 e. The summed E-state index contributed by atoms with van der Waals surface area (Å²) in [5.41, 5.74) is 0.818. The van der Waals surface area contributed by atoms with Crippen molar-refractivity contribution in [3.8, 4) is 23.0 Å². The van der Waals surface area contributed by atoms with Crippen molar-refractivity contribution in [2.45, 2.75) is 17.5 Å². The fourth-order valence-electron chi connectivity index (χ4n) is 2.42. The maximum absolute atomic E-state index is 5.90. The van der Waals surface area contributed by atoms with Crippen LogP contribution in [0.5, 0.6) is 0 Å². The van der Waals surface area contributed by atoms with Crippen LogP contribution in [0.1, 0.15) is 5.89 Å². The standard InChI is InChI=1S/C18H14ClN5O2S/c1-2-9-24-16(14-4-3-10-25-14)21-23-18(24)27-11-15-20-22-17(26-15)12-5-7-13(19)8-6-12/h2-8,10H,1,9,11H2. The Morgan fingerprint density at radius 1 is 1.11 bits per heavy atom. The van der Waals surface area contributed by atoms with Gasteiger partial charge in [0.15, 0.2) is 10.9 Å². The van der Waals surface area contributed by atoms with Crippen LogP contribution >= 0.6 is 23.4 Å². The number of furan rings is 1. The molecule has 4 rings (SSSR count). The SMILES string of the molecule is C=CCn1c(SCc2nnc(-c3ccc(Cl)cc3)o2)nnc1-c1ccco1. The van der Waals surface area contributed by atoms with E-state index in [0.29, 0.717) is 45.8 Å². The highest BCUT2D eigenvalue weighted by atomic mass is 35.5. The summed E-state index contributed by atoms with van der Waals surface area (Å²) in [5, 5.41) is 18.0. The summed E-state index contributed by atoms with van der Waals surface area (Å²) in [5.74, 6) is 2.71. The van der Waals surface area contributed by atoms with Crippen LogP contribution in [-0.4, -0.2) is 25.0 Å². The van der Waals surface area contributed by atoms with Gasteiger partial charge in [-0.25, -0.2) is 0 Å². The second-order valence-electron chi connectivity index (χ2n) is 5.48. The molecule has 0 saturated heterocycles. The smallest absolute Gasteiger partial charge is 0.247 e. The molecule has 0 radical (unpaired) electrons. The number of hydrogen-bond donors (Lipinski definition) is 0. The molecule has 0 saturated carbocycles. The van der Waals surface area contributed by atoms with E-state index in [1.165, 1.54) is 11.8 Å². The van der Waals surface area contributed by atoms with Gasteiger partial charge in [-0.05, 0) is 36.4 Å². The number of aromatic nitrogens is 5. The van der Waals surface area contributed by atoms with Crippen molar-refractivity contribution in [2.24, 2.45) is 0 Å². The number of allylic oxidation sites excluding steroid dienone is 1. The molecule has 0 N–H and O–H groups in total. The lowest BCUT2D eigenvalue weighted by Crippen LogP contribution is -2.00. The van der Waals surface area contributed by atoms with Gasteiger partial charge in [0.25, 0.3) is 0 Å². The van der Waals surface area contributed by atoms with Crippen LogP contribution in [0.3, 0.4) is 0 Å². The first-order chi connectivity index (χ1) is 13.2. The van der Waals surface area contributed by atoms with Crippen molar-refractivity contribution in [1.29, 1.82) is 0 Å². The molecule has 9 heteroatoms. The maximum atomic E-state index is 5.90. The monoisotopic (exact) mass is 399 g/mol. The number of halogens is 1. The van der Waals surface area contributed by atoms with Crippen molar-refractivity contribution >= 4 is 23.4 Å². The zero-order valence-electron chi connectivity index (χ0n) is 14.1. The van der Waals surface area contributed by atoms with Gasteiger partial charge in [-0.2, -0.15) is 0 Å². The van der Waals surface area contributed by atoms with Gasteiger partial charge < -0.3 is 8.83 Å². The number of benzene rings is 1. The summed E-state index contributed by atoms with van der Waals surface area (Å²) in [6.07, 6.45) is 3.39. The first-order valence-corrected chi connectivity index (χ1v) is 9.40. The quantitative estimate of drug-likeness (QED) is 0.328. The summed E-state index contributed by atoms with van der Waals surface area (Å²) < 4.78 is 13.1. The van der Waals surface area contributed by atoms with Crippen LogP contribution in [0.2, 0.25) is 5.02 Å². The molecule has 27 heavy (non-hydrogen) atoms. The Kier molecular flexibility index (Phi) is 5.08. The molecule has 0 atom stereocenters. The second-order valence-corrected chi connectivity index (χ2v) is 6.86. The average Bonchev–Trinajstić information content (AvgIpc) is 3.42. The van der Waals surface area contributed by atoms with Gasteiger partial charge >= 0.3 is 0 Å². The van der Waals surface area contributed by atoms with E-state index < -0.39 is 0 Å². The highest BCUT2D eigenvalue weighted by molar-refractivity contribution is 7.98. The van der Waals surface area contributed by atoms with Crippen molar-refractivity contribution in [2.75, 3.05) is 0 Å². The Morgan fingerprint density at radius 3 is 2.70 bits per heavy atom. The highest BCUT2D eigenvalue weighted by Gasteiger charge is 2.17. The van der Waals surface area contributed by atoms with E-state index in [4.69, 9.17) is 20.4 Å². The van der Waals surface area contributed by atoms with Gasteiger partial charge in [0.1, 0.15) is 0 Å². The Labute approximate surface area is 164 Å². The normalized spacial score (nSPS) is 11.0. The van der Waals surface area contributed by atoms with Crippen molar-refractivity contribution in [3.63, 3.8) is 0 Å². The van der Waals surface area contributed by atoms with Crippen molar-refractivity contribution in [3.05, 3.63) is 66.2 Å². The molecule has 1 aromatic carbocycles. The first kappa shape index (κ1) is 17.6. The fraction of sp³-hybridized carbons (Fsp3) is 0.111. The molecule has 0 fully saturated rings. The van der Waals surface area contributed by atoms with E-state index in [1.807, 2.05) is 28.8 Å². The third-order valence-electron chi connectivity index (χ3n) is 3.65. The van der Waals surface area contributed by atoms with E-state index in [0.717, 1.165) is 5.56 Å². The molecular weight excluding hydrogens is 386 g/mol. The molecule has 136 valence electrons. The van der Waals surface area contributed by atoms with Crippen molar-refractivity contribution in [1.82, 2.24) is 25.0 Å². The molecule has 0 spiro atoms. The third kappa shape index (κ3) is 3.81. The molecule has 4 aromatic rings. The topological polar surface area (TPSA) is 82.8 Å². The zero-order chi connectivity index (χ0) is 18.6. The lowest BCUT2D eigenvalue weighted by Gasteiger charge is -2.04. The third-order valence-corrected chi connectivity index (χ3v) is 4.86. The summed E-state index contributed by atoms with van der Waals surface area (Å²) in [6.45, 7) is 4.35. The van der Waals surface area contributed by atoms with Gasteiger partial charge in [-0.1, -0.05) is 29.4 Å². The van der Waals surface area contributed by atoms with Gasteiger partial charge in [0.05, 0.1) is 12.0 Å². The molecule has 7 nitrogen and oxygen atoms in total. The molecule has 0 aliphatic carbocycles. The summed E-state index contributed by atoms with van der Waals surface area (Å²) in [7, 11) is 0. The zero-order valence-corrected chi connectivity index (χ0v) is 15.7. The summed E-state index contributed by atoms with van der Waals surface area (Å²) in [6, 6.07) is 10.9. The maximum Gasteiger partial charge on any atom is 0.247 e. The highest BCUT2D eigenvalue weighted by Crippen LogP contribution is 2.27. The fourth-order valence-corrected chi connectivity index (χ4v) is 3.34. The number of nitrogens with zero attached hydrogens (tertiary/aromatic N) is 5. The van der Waals surface area contributed by atoms with Gasteiger partial charge in [-0.3, -0.25) is 4.57 Å². The minimum atomic E-state index is 0.450. The van der Waals surface area contributed by atoms with Crippen LogP contribution in [-0.2, 0) is 12.3 Å². The van der Waals surface area contributed by atoms with Crippen LogP contribution in [0, 0.1) is 0 Å². The Bertz CT molecular complexity index is 1040. The van der Waals surface area contributed by atoms with E-state index in [9.17, 15) is 0 Å².